The molecule has 0 atom stereocenters. The van der Waals surface area contributed by atoms with E-state index >= 15 is 0 Å². The topological polar surface area (TPSA) is 21.3 Å². The van der Waals surface area contributed by atoms with Crippen molar-refractivity contribution in [1.82, 2.24) is 5.32 Å². The highest BCUT2D eigenvalue weighted by Gasteiger charge is 2.21. The molecule has 1 saturated carbocycles. The lowest BCUT2D eigenvalue weighted by Crippen LogP contribution is -2.15. The Morgan fingerprint density at radius 2 is 2.17 bits per heavy atom. The summed E-state index contributed by atoms with van der Waals surface area (Å²) in [4.78, 5) is 0. The minimum atomic E-state index is 0.871. The van der Waals surface area contributed by atoms with Gasteiger partial charge in [0.2, 0.25) is 0 Å². The van der Waals surface area contributed by atoms with Gasteiger partial charge in [0, 0.05) is 12.1 Å². The average molecular weight is 247 g/mol. The highest BCUT2D eigenvalue weighted by atomic mass is 16.5. The van der Waals surface area contributed by atoms with Crippen molar-refractivity contribution in [2.75, 3.05) is 13.2 Å². The van der Waals surface area contributed by atoms with E-state index in [0.717, 1.165) is 31.4 Å². The minimum absolute atomic E-state index is 0.871. The molecule has 1 aliphatic carbocycles. The molecule has 0 aliphatic heterocycles. The molecule has 1 fully saturated rings. The van der Waals surface area contributed by atoms with Crippen LogP contribution in [-0.2, 0) is 6.54 Å². The molecule has 2 rings (SSSR count). The van der Waals surface area contributed by atoms with Gasteiger partial charge in [-0.25, -0.2) is 0 Å². The van der Waals surface area contributed by atoms with E-state index in [1.54, 1.807) is 0 Å². The standard InChI is InChI=1S/C16H25NO/c1-3-10-17-12-15-6-4-5-13(2)16(15)18-11-9-14-7-8-14/h4-6,14,17H,3,7-12H2,1-2H3. The average Bonchev–Trinajstić information content (AvgIpc) is 3.17. The zero-order valence-corrected chi connectivity index (χ0v) is 11.7. The highest BCUT2D eigenvalue weighted by molar-refractivity contribution is 5.40. The van der Waals surface area contributed by atoms with Crippen molar-refractivity contribution in [2.24, 2.45) is 5.92 Å². The Labute approximate surface area is 111 Å². The van der Waals surface area contributed by atoms with Crippen LogP contribution in [0.25, 0.3) is 0 Å². The number of nitrogens with one attached hydrogen (secondary N) is 1. The van der Waals surface area contributed by atoms with Gasteiger partial charge in [0.05, 0.1) is 6.61 Å². The fourth-order valence-corrected chi connectivity index (χ4v) is 2.19. The van der Waals surface area contributed by atoms with Crippen molar-refractivity contribution < 1.29 is 4.74 Å². The number of ether oxygens (including phenoxy) is 1. The van der Waals surface area contributed by atoms with Gasteiger partial charge >= 0.3 is 0 Å². The monoisotopic (exact) mass is 247 g/mol. The Kier molecular flexibility index (Phi) is 5.06. The van der Waals surface area contributed by atoms with Crippen molar-refractivity contribution in [1.29, 1.82) is 0 Å². The van der Waals surface area contributed by atoms with Crippen LogP contribution in [0.3, 0.4) is 0 Å². The zero-order chi connectivity index (χ0) is 12.8. The Morgan fingerprint density at radius 1 is 1.33 bits per heavy atom. The second kappa shape index (κ2) is 6.79. The number of hydrogen-bond donors (Lipinski definition) is 1. The normalized spacial score (nSPS) is 14.8. The molecule has 0 heterocycles. The van der Waals surface area contributed by atoms with Gasteiger partial charge in [-0.05, 0) is 37.8 Å². The third-order valence-corrected chi connectivity index (χ3v) is 3.51. The SMILES string of the molecule is CCCNCc1cccc(C)c1OCCC1CC1. The highest BCUT2D eigenvalue weighted by Crippen LogP contribution is 2.33. The first-order valence-electron chi connectivity index (χ1n) is 7.23. The summed E-state index contributed by atoms with van der Waals surface area (Å²) in [6.45, 7) is 7.17. The third-order valence-electron chi connectivity index (χ3n) is 3.51. The second-order valence-corrected chi connectivity index (χ2v) is 5.32. The van der Waals surface area contributed by atoms with Crippen LogP contribution in [-0.4, -0.2) is 13.2 Å². The summed E-state index contributed by atoms with van der Waals surface area (Å²) in [5.74, 6) is 2.04. The maximum absolute atomic E-state index is 6.01. The molecular weight excluding hydrogens is 222 g/mol. The van der Waals surface area contributed by atoms with Gasteiger partial charge in [-0.15, -0.1) is 0 Å². The number of para-hydroxylation sites is 1. The molecule has 0 saturated heterocycles. The van der Waals surface area contributed by atoms with E-state index < -0.39 is 0 Å². The fraction of sp³-hybridized carbons (Fsp3) is 0.625. The van der Waals surface area contributed by atoms with Crippen LogP contribution < -0.4 is 10.1 Å². The van der Waals surface area contributed by atoms with E-state index in [0.29, 0.717) is 0 Å². The molecule has 1 aliphatic rings. The molecule has 1 N–H and O–H groups in total. The van der Waals surface area contributed by atoms with Crippen LogP contribution in [0.5, 0.6) is 5.75 Å². The molecule has 1 aromatic carbocycles. The van der Waals surface area contributed by atoms with E-state index in [9.17, 15) is 0 Å². The number of aryl methyl sites for hydroxylation is 1. The summed E-state index contributed by atoms with van der Waals surface area (Å²) < 4.78 is 6.01. The summed E-state index contributed by atoms with van der Waals surface area (Å²) >= 11 is 0. The largest absolute Gasteiger partial charge is 0.493 e. The third kappa shape index (κ3) is 4.02. The first kappa shape index (κ1) is 13.4. The van der Waals surface area contributed by atoms with Gasteiger partial charge in [0.1, 0.15) is 5.75 Å². The molecular formula is C16H25NO. The Balaban J connectivity index is 1.91. The van der Waals surface area contributed by atoms with Crippen molar-refractivity contribution in [3.05, 3.63) is 29.3 Å². The van der Waals surface area contributed by atoms with E-state index in [2.05, 4.69) is 37.4 Å². The van der Waals surface area contributed by atoms with Gasteiger partial charge in [0.15, 0.2) is 0 Å². The summed E-state index contributed by atoms with van der Waals surface area (Å²) in [5.41, 5.74) is 2.54. The number of rotatable bonds is 8. The van der Waals surface area contributed by atoms with Gasteiger partial charge in [-0.1, -0.05) is 38.0 Å². The molecule has 0 spiro atoms. The quantitative estimate of drug-likeness (QED) is 0.708. The second-order valence-electron chi connectivity index (χ2n) is 5.32. The molecule has 0 amide bonds. The predicted molar refractivity (Wildman–Crippen MR) is 76.0 cm³/mol. The smallest absolute Gasteiger partial charge is 0.126 e. The summed E-state index contributed by atoms with van der Waals surface area (Å²) in [6.07, 6.45) is 5.20. The summed E-state index contributed by atoms with van der Waals surface area (Å²) in [7, 11) is 0. The van der Waals surface area contributed by atoms with E-state index in [4.69, 9.17) is 4.74 Å². The molecule has 18 heavy (non-hydrogen) atoms. The Morgan fingerprint density at radius 3 is 2.89 bits per heavy atom. The van der Waals surface area contributed by atoms with Crippen molar-refractivity contribution in [2.45, 2.75) is 46.1 Å². The first-order chi connectivity index (χ1) is 8.81. The first-order valence-corrected chi connectivity index (χ1v) is 7.23. The van der Waals surface area contributed by atoms with Crippen LogP contribution in [0, 0.1) is 12.8 Å². The maximum Gasteiger partial charge on any atom is 0.126 e. The molecule has 2 heteroatoms. The molecule has 0 bridgehead atoms. The number of benzene rings is 1. The van der Waals surface area contributed by atoms with Gasteiger partial charge < -0.3 is 10.1 Å². The summed E-state index contributed by atoms with van der Waals surface area (Å²) in [5, 5.41) is 3.45. The zero-order valence-electron chi connectivity index (χ0n) is 11.7. The van der Waals surface area contributed by atoms with E-state index in [1.165, 1.54) is 36.8 Å². The van der Waals surface area contributed by atoms with Gasteiger partial charge in [0.25, 0.3) is 0 Å². The summed E-state index contributed by atoms with van der Waals surface area (Å²) in [6, 6.07) is 6.42. The fourth-order valence-electron chi connectivity index (χ4n) is 2.19. The van der Waals surface area contributed by atoms with E-state index in [1.807, 2.05) is 0 Å². The Bertz CT molecular complexity index is 371. The molecule has 100 valence electrons. The molecule has 0 radical (unpaired) electrons. The van der Waals surface area contributed by atoms with E-state index in [-0.39, 0.29) is 0 Å². The lowest BCUT2D eigenvalue weighted by molar-refractivity contribution is 0.297. The van der Waals surface area contributed by atoms with Gasteiger partial charge in [-0.3, -0.25) is 0 Å². The molecule has 0 unspecified atom stereocenters. The van der Waals surface area contributed by atoms with Crippen LogP contribution in [0.4, 0.5) is 0 Å². The maximum atomic E-state index is 6.01. The minimum Gasteiger partial charge on any atom is -0.493 e. The lowest BCUT2D eigenvalue weighted by Gasteiger charge is -2.14. The molecule has 0 aromatic heterocycles. The molecule has 2 nitrogen and oxygen atoms in total. The van der Waals surface area contributed by atoms with Crippen LogP contribution in [0.2, 0.25) is 0 Å². The van der Waals surface area contributed by atoms with Crippen molar-refractivity contribution in [3.8, 4) is 5.75 Å². The Hall–Kier alpha value is -1.02. The van der Waals surface area contributed by atoms with Crippen LogP contribution in [0.15, 0.2) is 18.2 Å². The van der Waals surface area contributed by atoms with Crippen molar-refractivity contribution >= 4 is 0 Å². The number of hydrogen-bond acceptors (Lipinski definition) is 2. The lowest BCUT2D eigenvalue weighted by atomic mass is 10.1. The molecule has 1 aromatic rings. The van der Waals surface area contributed by atoms with Crippen LogP contribution in [0.1, 0.15) is 43.7 Å². The van der Waals surface area contributed by atoms with Gasteiger partial charge in [-0.2, -0.15) is 0 Å². The van der Waals surface area contributed by atoms with Crippen molar-refractivity contribution in [3.63, 3.8) is 0 Å². The predicted octanol–water partition coefficient (Wildman–Crippen LogP) is 3.67. The van der Waals surface area contributed by atoms with Crippen LogP contribution >= 0.6 is 0 Å².